The molecule has 0 spiro atoms. The second kappa shape index (κ2) is 27.8. The van der Waals surface area contributed by atoms with Crippen LogP contribution in [0.5, 0.6) is 23.0 Å². The van der Waals surface area contributed by atoms with Crippen molar-refractivity contribution in [3.63, 3.8) is 0 Å². The van der Waals surface area contributed by atoms with Crippen LogP contribution in [0, 0.1) is 27.7 Å². The molecular weight excluding hydrogens is 837 g/mol. The quantitative estimate of drug-likeness (QED) is 0.0435. The van der Waals surface area contributed by atoms with E-state index in [1.54, 1.807) is 146 Å². The summed E-state index contributed by atoms with van der Waals surface area (Å²) in [5, 5.41) is 0. The Morgan fingerprint density at radius 1 is 0.418 bits per heavy atom. The number of phosphoric ester groups is 2. The number of aryl methyl sites for hydroxylation is 4. The van der Waals surface area contributed by atoms with Crippen molar-refractivity contribution in [2.45, 2.75) is 127 Å². The minimum Gasteiger partial charge on any atom is -0.736 e. The molecule has 0 amide bonds. The monoisotopic (exact) mass is 900 g/mol. The van der Waals surface area contributed by atoms with Crippen LogP contribution in [0.4, 0.5) is 0 Å². The second-order valence-electron chi connectivity index (χ2n) is 13.6. The predicted molar refractivity (Wildman–Crippen MR) is 225 cm³/mol. The molecule has 0 saturated heterocycles. The molecule has 0 N–H and O–H groups in total. The van der Waals surface area contributed by atoms with Gasteiger partial charge in [-0.1, -0.05) is 72.8 Å². The molecule has 0 aromatic heterocycles. The van der Waals surface area contributed by atoms with Gasteiger partial charge >= 0.3 is 137 Å². The number of hydrogen-bond acceptors (Lipinski definition) is 8. The standard InChI is InChI=1S/2C14H15O4P.2C8H17.Sn/c2*1-11-7-3-5-9-13(11)17-19(15,16)18-14-10-6-4-8-12(14)2;2*1-3-5-7-8-6-4-2;/h2*3-10H,1-2H3,(H,15,16);2*1,3-8H2,2H3;/q;;;;+2/p-2. The average Bonchev–Trinajstić information content (AvgIpc) is 3.14. The Kier molecular flexibility index (Phi) is 24.5. The third-order valence-electron chi connectivity index (χ3n) is 8.63. The normalized spacial score (nSPS) is 10.9. The van der Waals surface area contributed by atoms with E-state index in [-0.39, 0.29) is 44.1 Å². The summed E-state index contributed by atoms with van der Waals surface area (Å²) >= 11 is 0.0736. The van der Waals surface area contributed by atoms with E-state index >= 15 is 0 Å². The molecule has 0 heterocycles. The number of rotatable bonds is 22. The van der Waals surface area contributed by atoms with E-state index in [1.165, 1.54) is 64.2 Å². The van der Waals surface area contributed by atoms with Gasteiger partial charge in [-0.15, -0.1) is 0 Å². The molecule has 11 heteroatoms. The first kappa shape index (κ1) is 48.4. The van der Waals surface area contributed by atoms with Crippen LogP contribution in [0.1, 0.15) is 113 Å². The maximum atomic E-state index is 11.9. The third kappa shape index (κ3) is 22.0. The molecule has 0 aliphatic carbocycles. The summed E-state index contributed by atoms with van der Waals surface area (Å²) in [7, 11) is -8.88. The molecule has 300 valence electrons. The van der Waals surface area contributed by atoms with E-state index in [1.807, 2.05) is 0 Å². The number of hydrogen-bond donors (Lipinski definition) is 0. The van der Waals surface area contributed by atoms with Crippen molar-refractivity contribution < 1.29 is 37.0 Å². The summed E-state index contributed by atoms with van der Waals surface area (Å²) in [4.78, 5) is 23.7. The van der Waals surface area contributed by atoms with Crippen molar-refractivity contribution in [1.82, 2.24) is 0 Å². The van der Waals surface area contributed by atoms with Crippen LogP contribution in [0.2, 0.25) is 8.87 Å². The van der Waals surface area contributed by atoms with E-state index in [9.17, 15) is 18.9 Å². The van der Waals surface area contributed by atoms with Gasteiger partial charge in [0.05, 0.1) is 0 Å². The number of unbranched alkanes of at least 4 members (excludes halogenated alkanes) is 10. The van der Waals surface area contributed by atoms with Gasteiger partial charge in [-0.2, -0.15) is 0 Å². The summed E-state index contributed by atoms with van der Waals surface area (Å²) in [5.41, 5.74) is 2.91. The molecule has 0 fully saturated rings. The molecule has 4 rings (SSSR count). The van der Waals surface area contributed by atoms with Gasteiger partial charge in [0.2, 0.25) is 0 Å². The summed E-state index contributed by atoms with van der Waals surface area (Å²) < 4.78 is 46.9. The van der Waals surface area contributed by atoms with Gasteiger partial charge in [-0.05, 0) is 74.2 Å². The molecule has 4 aromatic rings. The van der Waals surface area contributed by atoms with E-state index < -0.39 is 15.6 Å². The summed E-state index contributed by atoms with van der Waals surface area (Å²) in [6.07, 6.45) is 17.8. The van der Waals surface area contributed by atoms with Crippen molar-refractivity contribution in [2.24, 2.45) is 0 Å². The Balaban J connectivity index is 0.000000286. The Morgan fingerprint density at radius 2 is 0.655 bits per heavy atom. The molecule has 0 atom stereocenters. The summed E-state index contributed by atoms with van der Waals surface area (Å²) in [6, 6.07) is 27.4. The maximum Gasteiger partial charge on any atom is 0.372 e. The molecule has 8 nitrogen and oxygen atoms in total. The summed E-state index contributed by atoms with van der Waals surface area (Å²) in [6.45, 7) is 11.7. The van der Waals surface area contributed by atoms with Crippen molar-refractivity contribution in [1.29, 1.82) is 0 Å². The van der Waals surface area contributed by atoms with Gasteiger partial charge in [-0.25, -0.2) is 9.13 Å². The van der Waals surface area contributed by atoms with Crippen LogP contribution in [-0.4, -0.2) is 21.1 Å². The fraction of sp³-hybridized carbons (Fsp3) is 0.455. The van der Waals surface area contributed by atoms with Crippen LogP contribution < -0.4 is 27.9 Å². The van der Waals surface area contributed by atoms with Crippen molar-refractivity contribution in [3.05, 3.63) is 119 Å². The largest absolute Gasteiger partial charge is 0.736 e. The van der Waals surface area contributed by atoms with Crippen LogP contribution in [-0.2, 0) is 9.13 Å². The first-order valence-corrected chi connectivity index (χ1v) is 26.7. The fourth-order valence-electron chi connectivity index (χ4n) is 5.34. The molecule has 0 unspecified atom stereocenters. The fourth-order valence-corrected chi connectivity index (χ4v) is 10.8. The molecule has 0 saturated carbocycles. The topological polar surface area (TPSA) is 117 Å². The zero-order valence-electron chi connectivity index (χ0n) is 33.8. The molecule has 55 heavy (non-hydrogen) atoms. The van der Waals surface area contributed by atoms with Crippen LogP contribution in [0.15, 0.2) is 97.1 Å². The Labute approximate surface area is 341 Å². The Hall–Kier alpha value is -2.74. The van der Waals surface area contributed by atoms with Crippen molar-refractivity contribution in [3.8, 4) is 23.0 Å². The van der Waals surface area contributed by atoms with E-state index in [4.69, 9.17) is 18.1 Å². The SMILES string of the molecule is CCCCCCC[CH2][Sn+2][CH2]CCCCCCC.Cc1ccccc1OP(=O)([O-])Oc1ccccc1C.Cc1ccccc1OP(=O)([O-])Oc1ccccc1C. The minimum absolute atomic E-state index is 0.0736. The summed E-state index contributed by atoms with van der Waals surface area (Å²) in [5.74, 6) is 1.09. The number of para-hydroxylation sites is 4. The molecule has 0 radical (unpaired) electrons. The van der Waals surface area contributed by atoms with Gasteiger partial charge in [0, 0.05) is 0 Å². The average molecular weight is 900 g/mol. The van der Waals surface area contributed by atoms with Crippen LogP contribution in [0.25, 0.3) is 0 Å². The van der Waals surface area contributed by atoms with E-state index in [2.05, 4.69) is 13.8 Å². The first-order valence-electron chi connectivity index (χ1n) is 19.7. The molecule has 0 bridgehead atoms. The minimum atomic E-state index is -4.44. The molecule has 4 aromatic carbocycles. The van der Waals surface area contributed by atoms with E-state index in [0.29, 0.717) is 0 Å². The van der Waals surface area contributed by atoms with Crippen LogP contribution >= 0.6 is 15.6 Å². The second-order valence-corrected chi connectivity index (χ2v) is 20.4. The third-order valence-corrected chi connectivity index (χ3v) is 14.3. The zero-order chi connectivity index (χ0) is 40.4. The molecule has 0 aliphatic rings. The Bertz CT molecular complexity index is 1510. The smallest absolute Gasteiger partial charge is 0.372 e. The van der Waals surface area contributed by atoms with Gasteiger partial charge < -0.3 is 27.9 Å². The number of phosphoric acid groups is 2. The van der Waals surface area contributed by atoms with Crippen molar-refractivity contribution in [2.75, 3.05) is 0 Å². The number of benzene rings is 4. The Morgan fingerprint density at radius 3 is 0.909 bits per heavy atom. The van der Waals surface area contributed by atoms with Gasteiger partial charge in [0.25, 0.3) is 0 Å². The van der Waals surface area contributed by atoms with Gasteiger partial charge in [0.1, 0.15) is 23.0 Å². The molecule has 0 aliphatic heterocycles. The van der Waals surface area contributed by atoms with E-state index in [0.717, 1.165) is 22.3 Å². The van der Waals surface area contributed by atoms with Gasteiger partial charge in [0.15, 0.2) is 0 Å². The van der Waals surface area contributed by atoms with Crippen LogP contribution in [0.3, 0.4) is 0 Å². The maximum absolute atomic E-state index is 11.9. The predicted octanol–water partition coefficient (Wildman–Crippen LogP) is 12.7. The zero-order valence-corrected chi connectivity index (χ0v) is 38.4. The first-order chi connectivity index (χ1) is 26.4. The van der Waals surface area contributed by atoms with Crippen molar-refractivity contribution >= 4 is 36.8 Å². The van der Waals surface area contributed by atoms with Gasteiger partial charge in [-0.3, -0.25) is 0 Å². The molecular formula is C44H62O8P2Sn.